The fourth-order valence-electron chi connectivity index (χ4n) is 0.671. The molecule has 0 aliphatic rings. The number of phenolic OH excluding ortho intramolecular Hbond substituents is 1. The fraction of sp³-hybridized carbons (Fsp3) is 0. The van der Waals surface area contributed by atoms with Crippen LogP contribution in [0.4, 0.5) is 4.39 Å². The minimum atomic E-state index is -0.770. The SMILES string of the molecule is N#Cc1cc(Cl)c(F)c(Br)c1O. The van der Waals surface area contributed by atoms with Crippen LogP contribution in [-0.2, 0) is 0 Å². The number of hydrogen-bond donors (Lipinski definition) is 1. The molecule has 1 rings (SSSR count). The van der Waals surface area contributed by atoms with Gasteiger partial charge in [0.25, 0.3) is 0 Å². The molecule has 1 aromatic carbocycles. The van der Waals surface area contributed by atoms with Crippen molar-refractivity contribution in [2.24, 2.45) is 0 Å². The van der Waals surface area contributed by atoms with Crippen LogP contribution in [-0.4, -0.2) is 5.11 Å². The molecule has 0 aliphatic carbocycles. The average Bonchev–Trinajstić information content (AvgIpc) is 2.08. The Morgan fingerprint density at radius 2 is 2.25 bits per heavy atom. The first-order valence-corrected chi connectivity index (χ1v) is 4.01. The summed E-state index contributed by atoms with van der Waals surface area (Å²) in [5.41, 5.74) is -0.0618. The molecule has 0 atom stereocenters. The van der Waals surface area contributed by atoms with E-state index in [4.69, 9.17) is 22.0 Å². The zero-order chi connectivity index (χ0) is 9.30. The van der Waals surface area contributed by atoms with Gasteiger partial charge in [-0.2, -0.15) is 5.26 Å². The van der Waals surface area contributed by atoms with Gasteiger partial charge < -0.3 is 5.11 Å². The molecule has 0 radical (unpaired) electrons. The minimum Gasteiger partial charge on any atom is -0.505 e. The van der Waals surface area contributed by atoms with E-state index in [-0.39, 0.29) is 15.1 Å². The van der Waals surface area contributed by atoms with Gasteiger partial charge in [0.1, 0.15) is 6.07 Å². The summed E-state index contributed by atoms with van der Waals surface area (Å²) >= 11 is 8.16. The van der Waals surface area contributed by atoms with Crippen molar-refractivity contribution in [3.05, 3.63) is 26.9 Å². The number of halogens is 3. The Morgan fingerprint density at radius 1 is 1.67 bits per heavy atom. The Bertz CT molecular complexity index is 375. The zero-order valence-corrected chi connectivity index (χ0v) is 7.95. The standard InChI is InChI=1S/C7H2BrClFNO/c8-5-6(10)4(9)1-3(2-11)7(5)12/h1,12H. The van der Waals surface area contributed by atoms with Crippen LogP contribution in [0.1, 0.15) is 5.56 Å². The third kappa shape index (κ3) is 1.38. The van der Waals surface area contributed by atoms with Gasteiger partial charge in [-0.25, -0.2) is 4.39 Å². The smallest absolute Gasteiger partial charge is 0.159 e. The topological polar surface area (TPSA) is 44.0 Å². The van der Waals surface area contributed by atoms with E-state index >= 15 is 0 Å². The van der Waals surface area contributed by atoms with Crippen molar-refractivity contribution in [1.82, 2.24) is 0 Å². The first-order valence-electron chi connectivity index (χ1n) is 2.84. The summed E-state index contributed by atoms with van der Waals surface area (Å²) in [6, 6.07) is 2.74. The molecule has 0 spiro atoms. The Morgan fingerprint density at radius 3 is 2.75 bits per heavy atom. The molecule has 0 unspecified atom stereocenters. The molecule has 0 heterocycles. The van der Waals surface area contributed by atoms with E-state index in [0.717, 1.165) is 6.07 Å². The Labute approximate surface area is 81.3 Å². The van der Waals surface area contributed by atoms with Gasteiger partial charge in [-0.15, -0.1) is 0 Å². The lowest BCUT2D eigenvalue weighted by Gasteiger charge is -2.01. The predicted molar refractivity (Wildman–Crippen MR) is 45.5 cm³/mol. The summed E-state index contributed by atoms with van der Waals surface area (Å²) in [6.45, 7) is 0. The number of aromatic hydroxyl groups is 1. The van der Waals surface area contributed by atoms with Crippen LogP contribution in [0.2, 0.25) is 5.02 Å². The van der Waals surface area contributed by atoms with E-state index in [0.29, 0.717) is 0 Å². The third-order valence-electron chi connectivity index (χ3n) is 1.26. The largest absolute Gasteiger partial charge is 0.505 e. The Hall–Kier alpha value is -0.790. The molecule has 2 nitrogen and oxygen atoms in total. The van der Waals surface area contributed by atoms with Crippen molar-refractivity contribution >= 4 is 27.5 Å². The lowest BCUT2D eigenvalue weighted by atomic mass is 10.2. The minimum absolute atomic E-state index is 0.0618. The molecular formula is C7H2BrClFNO. The third-order valence-corrected chi connectivity index (χ3v) is 2.26. The van der Waals surface area contributed by atoms with Crippen molar-refractivity contribution in [1.29, 1.82) is 5.26 Å². The molecular weight excluding hydrogens is 248 g/mol. The number of nitrogens with zero attached hydrogens (tertiary/aromatic N) is 1. The van der Waals surface area contributed by atoms with E-state index in [2.05, 4.69) is 15.9 Å². The average molecular weight is 250 g/mol. The normalized spacial score (nSPS) is 9.50. The van der Waals surface area contributed by atoms with E-state index in [9.17, 15) is 4.39 Å². The van der Waals surface area contributed by atoms with E-state index in [1.807, 2.05) is 0 Å². The van der Waals surface area contributed by atoms with Gasteiger partial charge in [0.2, 0.25) is 0 Å². The predicted octanol–water partition coefficient (Wildman–Crippen LogP) is 2.82. The summed E-state index contributed by atoms with van der Waals surface area (Å²) < 4.78 is 12.7. The number of hydrogen-bond acceptors (Lipinski definition) is 2. The quantitative estimate of drug-likeness (QED) is 0.720. The number of rotatable bonds is 0. The first-order chi connectivity index (χ1) is 5.57. The highest BCUT2D eigenvalue weighted by molar-refractivity contribution is 9.10. The van der Waals surface area contributed by atoms with Crippen LogP contribution in [0.3, 0.4) is 0 Å². The first kappa shape index (κ1) is 9.30. The molecule has 0 aromatic heterocycles. The second-order valence-electron chi connectivity index (χ2n) is 1.99. The summed E-state index contributed by atoms with van der Waals surface area (Å²) in [5, 5.41) is 17.4. The second kappa shape index (κ2) is 3.30. The van der Waals surface area contributed by atoms with Gasteiger partial charge in [0.15, 0.2) is 11.6 Å². The highest BCUT2D eigenvalue weighted by Gasteiger charge is 2.13. The van der Waals surface area contributed by atoms with Crippen LogP contribution in [0.5, 0.6) is 5.75 Å². The van der Waals surface area contributed by atoms with Crippen molar-refractivity contribution in [2.45, 2.75) is 0 Å². The van der Waals surface area contributed by atoms with Crippen molar-refractivity contribution in [3.63, 3.8) is 0 Å². The summed E-state index contributed by atoms with van der Waals surface area (Å²) in [4.78, 5) is 0. The highest BCUT2D eigenvalue weighted by Crippen LogP contribution is 2.34. The number of nitriles is 1. The van der Waals surface area contributed by atoms with Crippen molar-refractivity contribution < 1.29 is 9.50 Å². The highest BCUT2D eigenvalue weighted by atomic mass is 79.9. The van der Waals surface area contributed by atoms with Crippen molar-refractivity contribution in [2.75, 3.05) is 0 Å². The van der Waals surface area contributed by atoms with Crippen LogP contribution in [0, 0.1) is 17.1 Å². The molecule has 0 amide bonds. The Balaban J connectivity index is 3.52. The molecule has 0 aliphatic heterocycles. The van der Waals surface area contributed by atoms with Crippen LogP contribution >= 0.6 is 27.5 Å². The van der Waals surface area contributed by atoms with Crippen molar-refractivity contribution in [3.8, 4) is 11.8 Å². The lowest BCUT2D eigenvalue weighted by Crippen LogP contribution is -1.85. The molecule has 5 heteroatoms. The molecule has 12 heavy (non-hydrogen) atoms. The monoisotopic (exact) mass is 249 g/mol. The molecule has 0 saturated heterocycles. The fourth-order valence-corrected chi connectivity index (χ4v) is 1.42. The van der Waals surface area contributed by atoms with Gasteiger partial charge in [-0.3, -0.25) is 0 Å². The van der Waals surface area contributed by atoms with Gasteiger partial charge in [-0.1, -0.05) is 11.6 Å². The van der Waals surface area contributed by atoms with Gasteiger partial charge in [-0.05, 0) is 22.0 Å². The zero-order valence-electron chi connectivity index (χ0n) is 5.61. The number of benzene rings is 1. The molecule has 0 fully saturated rings. The lowest BCUT2D eigenvalue weighted by molar-refractivity contribution is 0.462. The number of phenols is 1. The van der Waals surface area contributed by atoms with E-state index < -0.39 is 11.6 Å². The summed E-state index contributed by atoms with van der Waals surface area (Å²) in [7, 11) is 0. The van der Waals surface area contributed by atoms with Crippen LogP contribution < -0.4 is 0 Å². The van der Waals surface area contributed by atoms with Crippen LogP contribution in [0.15, 0.2) is 10.5 Å². The van der Waals surface area contributed by atoms with Crippen LogP contribution in [0.25, 0.3) is 0 Å². The maximum atomic E-state index is 12.9. The Kier molecular flexibility index (Phi) is 2.55. The molecule has 1 N–H and O–H groups in total. The maximum absolute atomic E-state index is 12.9. The van der Waals surface area contributed by atoms with E-state index in [1.165, 1.54) is 0 Å². The molecule has 62 valence electrons. The van der Waals surface area contributed by atoms with Gasteiger partial charge in [0, 0.05) is 0 Å². The summed E-state index contributed by atoms with van der Waals surface area (Å²) in [5.74, 6) is -1.20. The second-order valence-corrected chi connectivity index (χ2v) is 3.19. The summed E-state index contributed by atoms with van der Waals surface area (Å²) in [6.07, 6.45) is 0. The molecule has 1 aromatic rings. The van der Waals surface area contributed by atoms with Gasteiger partial charge >= 0.3 is 0 Å². The molecule has 0 saturated carbocycles. The molecule has 0 bridgehead atoms. The van der Waals surface area contributed by atoms with E-state index in [1.54, 1.807) is 6.07 Å². The maximum Gasteiger partial charge on any atom is 0.159 e. The van der Waals surface area contributed by atoms with Gasteiger partial charge in [0.05, 0.1) is 15.1 Å².